The van der Waals surface area contributed by atoms with Crippen molar-refractivity contribution in [3.8, 4) is 0 Å². The van der Waals surface area contributed by atoms with E-state index in [4.69, 9.17) is 4.74 Å². The molecule has 1 aliphatic carbocycles. The first-order chi connectivity index (χ1) is 18.5. The molecule has 0 radical (unpaired) electrons. The Morgan fingerprint density at radius 3 is 2.05 bits per heavy atom. The molecule has 1 aliphatic heterocycles. The molecule has 38 heavy (non-hydrogen) atoms. The third-order valence-electron chi connectivity index (χ3n) is 7.81. The second kappa shape index (κ2) is 11.1. The number of piperazine rings is 1. The normalized spacial score (nSPS) is 16.7. The van der Waals surface area contributed by atoms with E-state index in [0.717, 1.165) is 36.9 Å². The highest BCUT2D eigenvalue weighted by Gasteiger charge is 2.43. The van der Waals surface area contributed by atoms with Crippen LogP contribution in [0.2, 0.25) is 0 Å². The van der Waals surface area contributed by atoms with Gasteiger partial charge < -0.3 is 19.9 Å². The maximum Gasteiger partial charge on any atom is 0.337 e. The van der Waals surface area contributed by atoms with Gasteiger partial charge in [-0.05, 0) is 48.7 Å². The van der Waals surface area contributed by atoms with E-state index >= 15 is 0 Å². The quantitative estimate of drug-likeness (QED) is 0.477. The van der Waals surface area contributed by atoms with Crippen LogP contribution in [0.1, 0.15) is 52.0 Å². The minimum atomic E-state index is -0.597. The molecule has 7 heteroatoms. The zero-order valence-electron chi connectivity index (χ0n) is 21.7. The first kappa shape index (κ1) is 25.5. The number of rotatable bonds is 6. The van der Waals surface area contributed by atoms with Crippen molar-refractivity contribution in [1.82, 2.24) is 4.90 Å². The number of ether oxygens (including phenoxy) is 1. The van der Waals surface area contributed by atoms with E-state index in [9.17, 15) is 14.4 Å². The Balaban J connectivity index is 1.39. The van der Waals surface area contributed by atoms with Crippen LogP contribution >= 0.6 is 0 Å². The van der Waals surface area contributed by atoms with Crippen LogP contribution in [0, 0.1) is 0 Å². The molecule has 1 heterocycles. The van der Waals surface area contributed by atoms with Crippen molar-refractivity contribution in [2.24, 2.45) is 0 Å². The fourth-order valence-corrected chi connectivity index (χ4v) is 5.70. The van der Waals surface area contributed by atoms with E-state index in [-0.39, 0.29) is 11.8 Å². The van der Waals surface area contributed by atoms with Gasteiger partial charge in [0, 0.05) is 31.7 Å². The first-order valence-electron chi connectivity index (χ1n) is 13.2. The monoisotopic (exact) mass is 511 g/mol. The standard InChI is InChI=1S/C31H33N3O4/c1-38-29(36)24-14-15-27(33-18-20-34(21-19-33)28(35)23-10-4-2-5-11-23)26(22-24)32-30(37)31(16-8-9-17-31)25-12-6-3-7-13-25/h2-7,10-15,22H,8-9,16-21H2,1H3,(H,32,37). The van der Waals surface area contributed by atoms with Gasteiger partial charge in [0.15, 0.2) is 0 Å². The van der Waals surface area contributed by atoms with Crippen molar-refractivity contribution in [3.63, 3.8) is 0 Å². The van der Waals surface area contributed by atoms with Crippen molar-refractivity contribution in [2.45, 2.75) is 31.1 Å². The number of hydrogen-bond acceptors (Lipinski definition) is 5. The number of hydrogen-bond donors (Lipinski definition) is 1. The minimum Gasteiger partial charge on any atom is -0.465 e. The lowest BCUT2D eigenvalue weighted by atomic mass is 9.78. The number of nitrogens with zero attached hydrogens (tertiary/aromatic N) is 2. The van der Waals surface area contributed by atoms with Crippen LogP contribution in [-0.4, -0.2) is 56.0 Å². The Kier molecular flexibility index (Phi) is 7.45. The largest absolute Gasteiger partial charge is 0.465 e. The van der Waals surface area contributed by atoms with E-state index in [0.29, 0.717) is 43.0 Å². The second-order valence-corrected chi connectivity index (χ2v) is 9.98. The molecule has 0 bridgehead atoms. The van der Waals surface area contributed by atoms with E-state index in [1.807, 2.05) is 71.6 Å². The molecule has 1 saturated carbocycles. The number of esters is 1. The number of amides is 2. The van der Waals surface area contributed by atoms with Crippen LogP contribution in [-0.2, 0) is 14.9 Å². The zero-order chi connectivity index (χ0) is 26.5. The van der Waals surface area contributed by atoms with Gasteiger partial charge in [-0.1, -0.05) is 61.4 Å². The molecular weight excluding hydrogens is 478 g/mol. The molecule has 7 nitrogen and oxygen atoms in total. The van der Waals surface area contributed by atoms with E-state index in [1.54, 1.807) is 12.1 Å². The fourth-order valence-electron chi connectivity index (χ4n) is 5.70. The van der Waals surface area contributed by atoms with Crippen molar-refractivity contribution in [1.29, 1.82) is 0 Å². The van der Waals surface area contributed by atoms with Gasteiger partial charge in [-0.3, -0.25) is 9.59 Å². The topological polar surface area (TPSA) is 79.0 Å². The molecular formula is C31H33N3O4. The lowest BCUT2D eigenvalue weighted by Crippen LogP contribution is -2.49. The van der Waals surface area contributed by atoms with Crippen LogP contribution in [0.3, 0.4) is 0 Å². The molecule has 2 fully saturated rings. The highest BCUT2D eigenvalue weighted by molar-refractivity contribution is 6.03. The number of anilines is 2. The summed E-state index contributed by atoms with van der Waals surface area (Å²) in [5, 5.41) is 3.20. The highest BCUT2D eigenvalue weighted by Crippen LogP contribution is 2.42. The number of nitrogens with one attached hydrogen (secondary N) is 1. The molecule has 5 rings (SSSR count). The number of benzene rings is 3. The van der Waals surface area contributed by atoms with Crippen LogP contribution in [0.15, 0.2) is 78.9 Å². The highest BCUT2D eigenvalue weighted by atomic mass is 16.5. The van der Waals surface area contributed by atoms with E-state index < -0.39 is 11.4 Å². The van der Waals surface area contributed by atoms with Gasteiger partial charge in [-0.15, -0.1) is 0 Å². The molecule has 0 unspecified atom stereocenters. The minimum absolute atomic E-state index is 0.0193. The summed E-state index contributed by atoms with van der Waals surface area (Å²) in [6, 6.07) is 24.6. The fraction of sp³-hybridized carbons (Fsp3) is 0.323. The van der Waals surface area contributed by atoms with Crippen molar-refractivity contribution in [2.75, 3.05) is 43.5 Å². The smallest absolute Gasteiger partial charge is 0.337 e. The predicted molar refractivity (Wildman–Crippen MR) is 148 cm³/mol. The predicted octanol–water partition coefficient (Wildman–Crippen LogP) is 4.89. The molecule has 0 atom stereocenters. The average molecular weight is 512 g/mol. The zero-order valence-corrected chi connectivity index (χ0v) is 21.7. The average Bonchev–Trinajstić information content (AvgIpc) is 3.49. The van der Waals surface area contributed by atoms with E-state index in [1.165, 1.54) is 7.11 Å². The van der Waals surface area contributed by atoms with Crippen LogP contribution < -0.4 is 10.2 Å². The molecule has 2 aliphatic rings. The number of carbonyl (C=O) groups excluding carboxylic acids is 3. The molecule has 196 valence electrons. The maximum atomic E-state index is 13.9. The molecule has 3 aromatic rings. The van der Waals surface area contributed by atoms with Gasteiger partial charge in [-0.25, -0.2) is 4.79 Å². The summed E-state index contributed by atoms with van der Waals surface area (Å²) < 4.78 is 4.94. The van der Waals surface area contributed by atoms with Crippen molar-refractivity contribution in [3.05, 3.63) is 95.6 Å². The van der Waals surface area contributed by atoms with E-state index in [2.05, 4.69) is 10.2 Å². The summed E-state index contributed by atoms with van der Waals surface area (Å²) in [6.07, 6.45) is 3.56. The third-order valence-corrected chi connectivity index (χ3v) is 7.81. The molecule has 2 amide bonds. The van der Waals surface area contributed by atoms with Crippen LogP contribution in [0.5, 0.6) is 0 Å². The Bertz CT molecular complexity index is 1300. The van der Waals surface area contributed by atoms with Gasteiger partial charge in [0.2, 0.25) is 5.91 Å². The number of carbonyl (C=O) groups is 3. The number of methoxy groups -OCH3 is 1. The Morgan fingerprint density at radius 1 is 0.789 bits per heavy atom. The summed E-state index contributed by atoms with van der Waals surface area (Å²) in [5.41, 5.74) is 2.90. The molecule has 3 aromatic carbocycles. The van der Waals surface area contributed by atoms with Gasteiger partial charge >= 0.3 is 5.97 Å². The molecule has 0 aromatic heterocycles. The Morgan fingerprint density at radius 2 is 1.42 bits per heavy atom. The summed E-state index contributed by atoms with van der Waals surface area (Å²) in [6.45, 7) is 2.35. The maximum absolute atomic E-state index is 13.9. The third kappa shape index (κ3) is 5.01. The van der Waals surface area contributed by atoms with Gasteiger partial charge in [0.1, 0.15) is 0 Å². The summed E-state index contributed by atoms with van der Waals surface area (Å²) in [5.74, 6) is -0.489. The van der Waals surface area contributed by atoms with Crippen LogP contribution in [0.4, 0.5) is 11.4 Å². The van der Waals surface area contributed by atoms with Gasteiger partial charge in [-0.2, -0.15) is 0 Å². The van der Waals surface area contributed by atoms with Crippen molar-refractivity contribution < 1.29 is 19.1 Å². The lowest BCUT2D eigenvalue weighted by Gasteiger charge is -2.37. The lowest BCUT2D eigenvalue weighted by molar-refractivity contribution is -0.121. The van der Waals surface area contributed by atoms with Gasteiger partial charge in [0.25, 0.3) is 5.91 Å². The summed E-state index contributed by atoms with van der Waals surface area (Å²) in [4.78, 5) is 43.2. The SMILES string of the molecule is COC(=O)c1ccc(N2CCN(C(=O)c3ccccc3)CC2)c(NC(=O)C2(c3ccccc3)CCCC2)c1. The van der Waals surface area contributed by atoms with Crippen LogP contribution in [0.25, 0.3) is 0 Å². The first-order valence-corrected chi connectivity index (χ1v) is 13.2. The Hall–Kier alpha value is -4.13. The summed E-state index contributed by atoms with van der Waals surface area (Å²) >= 11 is 0. The molecule has 0 spiro atoms. The molecule has 1 saturated heterocycles. The molecule has 1 N–H and O–H groups in total. The second-order valence-electron chi connectivity index (χ2n) is 9.98. The van der Waals surface area contributed by atoms with Gasteiger partial charge in [0.05, 0.1) is 29.5 Å². The Labute approximate surface area is 223 Å². The summed E-state index contributed by atoms with van der Waals surface area (Å²) in [7, 11) is 1.35. The van der Waals surface area contributed by atoms with Crippen molar-refractivity contribution >= 4 is 29.2 Å².